The minimum Gasteiger partial charge on any atom is -0.508 e. The second kappa shape index (κ2) is 4.38. The number of hydrogen-bond acceptors (Lipinski definition) is 5. The zero-order valence-electron chi connectivity index (χ0n) is 8.61. The SMILES string of the molecule is O=S(=O)(Nc1ncccn1)c1ccc(O)cc1. The molecule has 7 heteroatoms. The molecule has 0 amide bonds. The summed E-state index contributed by atoms with van der Waals surface area (Å²) in [6.07, 6.45) is 2.86. The second-order valence-corrected chi connectivity index (χ2v) is 4.85. The van der Waals surface area contributed by atoms with E-state index in [1.54, 1.807) is 6.07 Å². The van der Waals surface area contributed by atoms with Crippen LogP contribution < -0.4 is 4.72 Å². The van der Waals surface area contributed by atoms with Crippen LogP contribution in [0, 0.1) is 0 Å². The average Bonchev–Trinajstić information content (AvgIpc) is 2.30. The highest BCUT2D eigenvalue weighted by atomic mass is 32.2. The molecule has 0 radical (unpaired) electrons. The Labute approximate surface area is 98.0 Å². The summed E-state index contributed by atoms with van der Waals surface area (Å²) in [7, 11) is -3.72. The number of benzene rings is 1. The fraction of sp³-hybridized carbons (Fsp3) is 0. The Kier molecular flexibility index (Phi) is 2.92. The maximum Gasteiger partial charge on any atom is 0.264 e. The quantitative estimate of drug-likeness (QED) is 0.848. The van der Waals surface area contributed by atoms with Crippen LogP contribution in [0.15, 0.2) is 47.6 Å². The van der Waals surface area contributed by atoms with E-state index in [9.17, 15) is 8.42 Å². The summed E-state index contributed by atoms with van der Waals surface area (Å²) in [5, 5.41) is 9.07. The normalized spacial score (nSPS) is 11.1. The topological polar surface area (TPSA) is 92.2 Å². The van der Waals surface area contributed by atoms with Gasteiger partial charge in [0.2, 0.25) is 5.95 Å². The van der Waals surface area contributed by atoms with Crippen LogP contribution in [0.5, 0.6) is 5.75 Å². The Balaban J connectivity index is 2.29. The first-order valence-corrected chi connectivity index (χ1v) is 6.15. The number of anilines is 1. The van der Waals surface area contributed by atoms with Gasteiger partial charge in [-0.25, -0.2) is 23.1 Å². The highest BCUT2D eigenvalue weighted by Crippen LogP contribution is 2.16. The maximum atomic E-state index is 11.8. The van der Waals surface area contributed by atoms with E-state index in [4.69, 9.17) is 5.11 Å². The number of aromatic nitrogens is 2. The van der Waals surface area contributed by atoms with Gasteiger partial charge in [-0.05, 0) is 30.3 Å². The monoisotopic (exact) mass is 251 g/mol. The van der Waals surface area contributed by atoms with Crippen molar-refractivity contribution in [3.63, 3.8) is 0 Å². The number of aromatic hydroxyl groups is 1. The van der Waals surface area contributed by atoms with Gasteiger partial charge in [-0.15, -0.1) is 0 Å². The van der Waals surface area contributed by atoms with E-state index in [0.29, 0.717) is 0 Å². The summed E-state index contributed by atoms with van der Waals surface area (Å²) < 4.78 is 25.9. The van der Waals surface area contributed by atoms with Crippen LogP contribution in [-0.4, -0.2) is 23.5 Å². The fourth-order valence-electron chi connectivity index (χ4n) is 1.16. The predicted molar refractivity (Wildman–Crippen MR) is 60.9 cm³/mol. The van der Waals surface area contributed by atoms with Gasteiger partial charge in [0.15, 0.2) is 0 Å². The Morgan fingerprint density at radius 1 is 1.06 bits per heavy atom. The molecule has 0 fully saturated rings. The number of hydrogen-bond donors (Lipinski definition) is 2. The van der Waals surface area contributed by atoms with Crippen molar-refractivity contribution in [1.29, 1.82) is 0 Å². The molecule has 88 valence electrons. The van der Waals surface area contributed by atoms with Gasteiger partial charge in [0.05, 0.1) is 4.90 Å². The van der Waals surface area contributed by atoms with Gasteiger partial charge < -0.3 is 5.11 Å². The molecule has 0 aliphatic heterocycles. The van der Waals surface area contributed by atoms with Crippen molar-refractivity contribution in [3.8, 4) is 5.75 Å². The lowest BCUT2D eigenvalue weighted by Crippen LogP contribution is -2.14. The van der Waals surface area contributed by atoms with Crippen LogP contribution in [0.2, 0.25) is 0 Å². The fourth-order valence-corrected chi connectivity index (χ4v) is 2.11. The third kappa shape index (κ3) is 2.70. The van der Waals surface area contributed by atoms with Gasteiger partial charge in [-0.1, -0.05) is 0 Å². The van der Waals surface area contributed by atoms with E-state index < -0.39 is 10.0 Å². The standard InChI is InChI=1S/C10H9N3O3S/c14-8-2-4-9(5-3-8)17(15,16)13-10-11-6-1-7-12-10/h1-7,14H,(H,11,12,13). The summed E-state index contributed by atoms with van der Waals surface area (Å²) in [5.41, 5.74) is 0. The largest absolute Gasteiger partial charge is 0.508 e. The lowest BCUT2D eigenvalue weighted by atomic mass is 10.3. The zero-order chi connectivity index (χ0) is 12.3. The molecule has 2 N–H and O–H groups in total. The first kappa shape index (κ1) is 11.3. The van der Waals surface area contributed by atoms with Crippen LogP contribution in [0.1, 0.15) is 0 Å². The Morgan fingerprint density at radius 2 is 1.65 bits per heavy atom. The molecule has 1 aromatic carbocycles. The van der Waals surface area contributed by atoms with E-state index in [2.05, 4.69) is 14.7 Å². The van der Waals surface area contributed by atoms with Crippen LogP contribution >= 0.6 is 0 Å². The van der Waals surface area contributed by atoms with Crippen molar-refractivity contribution in [2.45, 2.75) is 4.90 Å². The first-order valence-electron chi connectivity index (χ1n) is 4.67. The van der Waals surface area contributed by atoms with Crippen molar-refractivity contribution >= 4 is 16.0 Å². The van der Waals surface area contributed by atoms with Crippen LogP contribution in [0.25, 0.3) is 0 Å². The second-order valence-electron chi connectivity index (χ2n) is 3.17. The van der Waals surface area contributed by atoms with Crippen LogP contribution in [0.3, 0.4) is 0 Å². The molecule has 6 nitrogen and oxygen atoms in total. The van der Waals surface area contributed by atoms with Crippen molar-refractivity contribution in [2.75, 3.05) is 4.72 Å². The minimum absolute atomic E-state index is 0.0000823. The molecule has 2 rings (SSSR count). The summed E-state index contributed by atoms with van der Waals surface area (Å²) in [6.45, 7) is 0. The average molecular weight is 251 g/mol. The highest BCUT2D eigenvalue weighted by molar-refractivity contribution is 7.92. The molecule has 0 atom stereocenters. The zero-order valence-corrected chi connectivity index (χ0v) is 9.42. The number of nitrogens with one attached hydrogen (secondary N) is 1. The van der Waals surface area contributed by atoms with E-state index in [1.807, 2.05) is 0 Å². The summed E-state index contributed by atoms with van der Waals surface area (Å²) in [6, 6.07) is 6.75. The van der Waals surface area contributed by atoms with Crippen LogP contribution in [-0.2, 0) is 10.0 Å². The van der Waals surface area contributed by atoms with E-state index >= 15 is 0 Å². The molecule has 0 bridgehead atoms. The van der Waals surface area contributed by atoms with Gasteiger partial charge in [0.1, 0.15) is 5.75 Å². The number of rotatable bonds is 3. The number of phenols is 1. The summed E-state index contributed by atoms with van der Waals surface area (Å²) in [5.74, 6) is 0.000450. The predicted octanol–water partition coefficient (Wildman–Crippen LogP) is 0.983. The van der Waals surface area contributed by atoms with Gasteiger partial charge in [-0.3, -0.25) is 0 Å². The van der Waals surface area contributed by atoms with E-state index in [-0.39, 0.29) is 16.6 Å². The molecule has 1 heterocycles. The molecule has 17 heavy (non-hydrogen) atoms. The van der Waals surface area contributed by atoms with Crippen molar-refractivity contribution in [3.05, 3.63) is 42.7 Å². The van der Waals surface area contributed by atoms with Gasteiger partial charge in [0, 0.05) is 12.4 Å². The Bertz CT molecular complexity index is 596. The molecular weight excluding hydrogens is 242 g/mol. The first-order chi connectivity index (χ1) is 8.08. The molecule has 0 aliphatic carbocycles. The maximum absolute atomic E-state index is 11.8. The lowest BCUT2D eigenvalue weighted by molar-refractivity contribution is 0.475. The summed E-state index contributed by atoms with van der Waals surface area (Å²) >= 11 is 0. The van der Waals surface area contributed by atoms with Crippen molar-refractivity contribution in [1.82, 2.24) is 9.97 Å². The molecule has 0 unspecified atom stereocenters. The molecular formula is C10H9N3O3S. The Hall–Kier alpha value is -2.15. The van der Waals surface area contributed by atoms with E-state index in [1.165, 1.54) is 36.7 Å². The number of phenolic OH excluding ortho intramolecular Hbond substituents is 1. The van der Waals surface area contributed by atoms with Gasteiger partial charge >= 0.3 is 0 Å². The van der Waals surface area contributed by atoms with E-state index in [0.717, 1.165) is 0 Å². The smallest absolute Gasteiger partial charge is 0.264 e. The highest BCUT2D eigenvalue weighted by Gasteiger charge is 2.14. The molecule has 0 aliphatic rings. The Morgan fingerprint density at radius 3 is 2.24 bits per heavy atom. The third-order valence-electron chi connectivity index (χ3n) is 1.94. The van der Waals surface area contributed by atoms with Crippen molar-refractivity contribution < 1.29 is 13.5 Å². The molecule has 1 aromatic heterocycles. The minimum atomic E-state index is -3.72. The number of sulfonamides is 1. The van der Waals surface area contributed by atoms with Crippen molar-refractivity contribution in [2.24, 2.45) is 0 Å². The molecule has 0 spiro atoms. The lowest BCUT2D eigenvalue weighted by Gasteiger charge is -2.05. The summed E-state index contributed by atoms with van der Waals surface area (Å²) in [4.78, 5) is 7.54. The van der Waals surface area contributed by atoms with Gasteiger partial charge in [0.25, 0.3) is 10.0 Å². The van der Waals surface area contributed by atoms with Gasteiger partial charge in [-0.2, -0.15) is 0 Å². The third-order valence-corrected chi connectivity index (χ3v) is 3.28. The molecule has 0 saturated carbocycles. The van der Waals surface area contributed by atoms with Crippen LogP contribution in [0.4, 0.5) is 5.95 Å². The molecule has 2 aromatic rings. The molecule has 0 saturated heterocycles. The number of nitrogens with zero attached hydrogens (tertiary/aromatic N) is 2.